The summed E-state index contributed by atoms with van der Waals surface area (Å²) in [7, 11) is 0. The number of carbonyl (C=O) groups is 1. The number of rotatable bonds is 4. The molecule has 2 saturated carbocycles. The molecule has 1 atom stereocenters. The molecular weight excluding hydrogens is 398 g/mol. The van der Waals surface area contributed by atoms with E-state index in [2.05, 4.69) is 56.6 Å². The molecule has 0 bridgehead atoms. The lowest BCUT2D eigenvalue weighted by atomic mass is 9.83. The molecule has 4 aliphatic rings. The topological polar surface area (TPSA) is 56.6 Å². The van der Waals surface area contributed by atoms with Crippen molar-refractivity contribution in [1.82, 2.24) is 4.90 Å². The molecule has 0 N–H and O–H groups in total. The largest absolute Gasteiger partial charge is 0.371 e. The lowest BCUT2D eigenvalue weighted by molar-refractivity contribution is -0.140. The molecule has 2 heterocycles. The summed E-state index contributed by atoms with van der Waals surface area (Å²) in [5, 5.41) is 10.3. The van der Waals surface area contributed by atoms with Gasteiger partial charge in [0.2, 0.25) is 5.91 Å². The van der Waals surface area contributed by atoms with Crippen molar-refractivity contribution in [3.8, 4) is 6.07 Å². The van der Waals surface area contributed by atoms with Crippen molar-refractivity contribution in [3.05, 3.63) is 28.3 Å². The van der Waals surface area contributed by atoms with E-state index in [1.807, 2.05) is 0 Å². The molecule has 1 amide bonds. The minimum Gasteiger partial charge on any atom is -0.371 e. The first-order valence-corrected chi connectivity index (χ1v) is 12.4. The second-order valence-corrected chi connectivity index (χ2v) is 11.7. The molecule has 1 aromatic carbocycles. The molecule has 172 valence electrons. The average molecular weight is 436 g/mol. The minimum atomic E-state index is -0.247. The first-order chi connectivity index (χ1) is 15.1. The summed E-state index contributed by atoms with van der Waals surface area (Å²) >= 11 is 0. The molecule has 0 spiro atoms. The molecular formula is C27H37N3O2. The normalized spacial score (nSPS) is 26.0. The zero-order valence-electron chi connectivity index (χ0n) is 20.3. The van der Waals surface area contributed by atoms with Crippen LogP contribution >= 0.6 is 0 Å². The van der Waals surface area contributed by atoms with E-state index in [4.69, 9.17) is 4.74 Å². The van der Waals surface area contributed by atoms with E-state index < -0.39 is 0 Å². The van der Waals surface area contributed by atoms with Gasteiger partial charge in [0.15, 0.2) is 0 Å². The molecule has 0 unspecified atom stereocenters. The zero-order chi connectivity index (χ0) is 22.8. The monoisotopic (exact) mass is 435 g/mol. The van der Waals surface area contributed by atoms with Crippen LogP contribution in [0.1, 0.15) is 88.5 Å². The molecule has 1 saturated heterocycles. The van der Waals surface area contributed by atoms with Crippen molar-refractivity contribution >= 4 is 11.6 Å². The second-order valence-electron chi connectivity index (χ2n) is 11.7. The second kappa shape index (κ2) is 7.48. The average Bonchev–Trinajstić information content (AvgIpc) is 3.68. The standard InChI is InChI=1S/C27H37N3O2/c1-17(2)24-15-29(10-11-30(24)25(31)27(5)8-9-27)23-12-19(18-6-7-18)22-16-32-26(3,4)13-20(22)21(23)14-28/h12,17-18,24H,6-11,13,15-16H2,1-5H3/t24-/m0/s1. The van der Waals surface area contributed by atoms with E-state index >= 15 is 0 Å². The van der Waals surface area contributed by atoms with Crippen LogP contribution in [0.15, 0.2) is 6.07 Å². The maximum atomic E-state index is 13.2. The predicted octanol–water partition coefficient (Wildman–Crippen LogP) is 4.76. The first-order valence-electron chi connectivity index (χ1n) is 12.4. The summed E-state index contributed by atoms with van der Waals surface area (Å²) < 4.78 is 6.15. The van der Waals surface area contributed by atoms with E-state index in [1.165, 1.54) is 29.5 Å². The van der Waals surface area contributed by atoms with E-state index in [9.17, 15) is 10.1 Å². The number of amides is 1. The lowest BCUT2D eigenvalue weighted by Crippen LogP contribution is -2.58. The number of piperazine rings is 1. The van der Waals surface area contributed by atoms with Gasteiger partial charge < -0.3 is 14.5 Å². The van der Waals surface area contributed by atoms with Crippen molar-refractivity contribution in [2.75, 3.05) is 24.5 Å². The Kier molecular flexibility index (Phi) is 5.09. The van der Waals surface area contributed by atoms with Crippen molar-refractivity contribution in [2.45, 2.75) is 90.9 Å². The van der Waals surface area contributed by atoms with E-state index in [0.29, 0.717) is 24.3 Å². The van der Waals surface area contributed by atoms with Gasteiger partial charge in [0, 0.05) is 31.5 Å². The Balaban J connectivity index is 1.51. The third-order valence-corrected chi connectivity index (χ3v) is 8.21. The van der Waals surface area contributed by atoms with Gasteiger partial charge >= 0.3 is 0 Å². The highest BCUT2D eigenvalue weighted by molar-refractivity contribution is 5.85. The van der Waals surface area contributed by atoms with Crippen LogP contribution < -0.4 is 4.90 Å². The highest BCUT2D eigenvalue weighted by Gasteiger charge is 2.49. The molecule has 5 rings (SSSR count). The van der Waals surface area contributed by atoms with Crippen LogP contribution in [0.25, 0.3) is 0 Å². The molecule has 0 aromatic heterocycles. The molecule has 5 heteroatoms. The molecule has 3 fully saturated rings. The first kappa shape index (κ1) is 21.8. The van der Waals surface area contributed by atoms with Gasteiger partial charge in [-0.1, -0.05) is 20.8 Å². The number of carbonyl (C=O) groups excluding carboxylic acids is 1. The van der Waals surface area contributed by atoms with Crippen LogP contribution in [0.4, 0.5) is 5.69 Å². The maximum absolute atomic E-state index is 13.2. The quantitative estimate of drug-likeness (QED) is 0.684. The number of anilines is 1. The summed E-state index contributed by atoms with van der Waals surface area (Å²) in [6.45, 7) is 13.7. The number of hydrogen-bond donors (Lipinski definition) is 0. The Morgan fingerprint density at radius 3 is 2.50 bits per heavy atom. The van der Waals surface area contributed by atoms with Crippen LogP contribution in [-0.2, 0) is 22.6 Å². The van der Waals surface area contributed by atoms with Crippen molar-refractivity contribution < 1.29 is 9.53 Å². The number of nitrogens with zero attached hydrogens (tertiary/aromatic N) is 3. The fraction of sp³-hybridized carbons (Fsp3) is 0.704. The molecule has 0 radical (unpaired) electrons. The van der Waals surface area contributed by atoms with Gasteiger partial charge in [-0.3, -0.25) is 4.79 Å². The lowest BCUT2D eigenvalue weighted by Gasteiger charge is -2.46. The number of benzene rings is 1. The fourth-order valence-corrected chi connectivity index (χ4v) is 5.63. The van der Waals surface area contributed by atoms with Crippen LogP contribution in [0, 0.1) is 22.7 Å². The summed E-state index contributed by atoms with van der Waals surface area (Å²) in [5.74, 6) is 1.32. The SMILES string of the molecule is CC(C)[C@@H]1CN(c2cc(C3CC3)c3c(c2C#N)CC(C)(C)OC3)CCN1C(=O)C1(C)CC1. The Morgan fingerprint density at radius 1 is 1.19 bits per heavy atom. The molecule has 2 aliphatic carbocycles. The summed E-state index contributed by atoms with van der Waals surface area (Å²) in [5.41, 5.74) is 5.40. The van der Waals surface area contributed by atoms with Gasteiger partial charge in [0.05, 0.1) is 29.5 Å². The third-order valence-electron chi connectivity index (χ3n) is 8.21. The van der Waals surface area contributed by atoms with Gasteiger partial charge in [0.1, 0.15) is 6.07 Å². The molecule has 1 aromatic rings. The fourth-order valence-electron chi connectivity index (χ4n) is 5.63. The van der Waals surface area contributed by atoms with Crippen molar-refractivity contribution in [3.63, 3.8) is 0 Å². The number of nitriles is 1. The summed E-state index contributed by atoms with van der Waals surface area (Å²) in [6.07, 6.45) is 5.28. The summed E-state index contributed by atoms with van der Waals surface area (Å²) in [6, 6.07) is 5.06. The highest BCUT2D eigenvalue weighted by atomic mass is 16.5. The number of hydrogen-bond acceptors (Lipinski definition) is 4. The predicted molar refractivity (Wildman–Crippen MR) is 126 cm³/mol. The van der Waals surface area contributed by atoms with Crippen molar-refractivity contribution in [1.29, 1.82) is 5.26 Å². The van der Waals surface area contributed by atoms with E-state index in [1.54, 1.807) is 0 Å². The Labute approximate surface area is 192 Å². The van der Waals surface area contributed by atoms with Crippen LogP contribution in [0.3, 0.4) is 0 Å². The zero-order valence-corrected chi connectivity index (χ0v) is 20.3. The van der Waals surface area contributed by atoms with Crippen LogP contribution in [0.2, 0.25) is 0 Å². The maximum Gasteiger partial charge on any atom is 0.228 e. The van der Waals surface area contributed by atoms with E-state index in [0.717, 1.165) is 50.1 Å². The minimum absolute atomic E-state index is 0.135. The van der Waals surface area contributed by atoms with Crippen LogP contribution in [0.5, 0.6) is 0 Å². The van der Waals surface area contributed by atoms with Gasteiger partial charge in [0.25, 0.3) is 0 Å². The Morgan fingerprint density at radius 2 is 1.91 bits per heavy atom. The Hall–Kier alpha value is -2.06. The molecule has 32 heavy (non-hydrogen) atoms. The number of ether oxygens (including phenoxy) is 1. The Bertz CT molecular complexity index is 982. The van der Waals surface area contributed by atoms with Gasteiger partial charge in [-0.25, -0.2) is 0 Å². The smallest absolute Gasteiger partial charge is 0.228 e. The molecule has 5 nitrogen and oxygen atoms in total. The van der Waals surface area contributed by atoms with Gasteiger partial charge in [-0.2, -0.15) is 5.26 Å². The molecule has 2 aliphatic heterocycles. The van der Waals surface area contributed by atoms with Crippen molar-refractivity contribution in [2.24, 2.45) is 11.3 Å². The number of fused-ring (bicyclic) bond motifs is 1. The van der Waals surface area contributed by atoms with Crippen LogP contribution in [-0.4, -0.2) is 42.1 Å². The van der Waals surface area contributed by atoms with Gasteiger partial charge in [-0.05, 0) is 74.1 Å². The van der Waals surface area contributed by atoms with Gasteiger partial charge in [-0.15, -0.1) is 0 Å². The summed E-state index contributed by atoms with van der Waals surface area (Å²) in [4.78, 5) is 17.8. The third kappa shape index (κ3) is 3.71. The highest BCUT2D eigenvalue weighted by Crippen LogP contribution is 2.49. The van der Waals surface area contributed by atoms with E-state index in [-0.39, 0.29) is 17.1 Å².